The van der Waals surface area contributed by atoms with E-state index in [1.807, 2.05) is 49.5 Å². The first-order chi connectivity index (χ1) is 13.8. The Kier molecular flexibility index (Phi) is 10.1. The number of aryl methyl sites for hydroxylation is 1. The summed E-state index contributed by atoms with van der Waals surface area (Å²) in [5.74, 6) is 2.86. The molecule has 1 aliphatic heterocycles. The van der Waals surface area contributed by atoms with Crippen LogP contribution in [0, 0.1) is 0 Å². The lowest BCUT2D eigenvalue weighted by Crippen LogP contribution is -2.47. The first kappa shape index (κ1) is 23.3. The number of nitrogens with zero attached hydrogens (tertiary/aromatic N) is 2. The molecule has 6 heteroatoms. The Morgan fingerprint density at radius 3 is 2.34 bits per heavy atom. The van der Waals surface area contributed by atoms with E-state index in [1.54, 1.807) is 7.11 Å². The van der Waals surface area contributed by atoms with Crippen molar-refractivity contribution >= 4 is 29.9 Å². The molecule has 3 rings (SSSR count). The zero-order chi connectivity index (χ0) is 19.6. The predicted octanol–water partition coefficient (Wildman–Crippen LogP) is 4.36. The minimum absolute atomic E-state index is 0. The molecule has 0 atom stereocenters. The van der Waals surface area contributed by atoms with Gasteiger partial charge in [0.1, 0.15) is 17.6 Å². The Morgan fingerprint density at radius 2 is 1.72 bits per heavy atom. The van der Waals surface area contributed by atoms with Crippen LogP contribution in [0.1, 0.15) is 24.8 Å². The number of benzene rings is 2. The van der Waals surface area contributed by atoms with Gasteiger partial charge in [0.2, 0.25) is 0 Å². The van der Waals surface area contributed by atoms with E-state index in [0.29, 0.717) is 0 Å². The number of likely N-dealkylation sites (tertiary alicyclic amines) is 1. The number of guanidine groups is 1. The van der Waals surface area contributed by atoms with Crippen molar-refractivity contribution in [1.82, 2.24) is 10.2 Å². The largest absolute Gasteiger partial charge is 0.497 e. The van der Waals surface area contributed by atoms with Gasteiger partial charge in [-0.05, 0) is 42.7 Å². The van der Waals surface area contributed by atoms with Crippen molar-refractivity contribution in [2.75, 3.05) is 33.8 Å². The molecule has 1 N–H and O–H groups in total. The van der Waals surface area contributed by atoms with Crippen LogP contribution >= 0.6 is 24.0 Å². The molecule has 0 spiro atoms. The van der Waals surface area contributed by atoms with E-state index in [0.717, 1.165) is 62.8 Å². The standard InChI is InChI=1S/C23H31N3O2.HI/c1-24-23(25-16-6-7-19-10-12-20(27-2)13-11-19)26-17-14-22(15-18-26)28-21-8-4-3-5-9-21;/h3-5,8-13,22H,6-7,14-18H2,1-2H3,(H,24,25);1H. The quantitative estimate of drug-likeness (QED) is 0.261. The Labute approximate surface area is 191 Å². The lowest BCUT2D eigenvalue weighted by atomic mass is 10.1. The van der Waals surface area contributed by atoms with Gasteiger partial charge in [0.05, 0.1) is 7.11 Å². The Balaban J connectivity index is 0.00000300. The first-order valence-electron chi connectivity index (χ1n) is 10.1. The average Bonchev–Trinajstić information content (AvgIpc) is 2.76. The van der Waals surface area contributed by atoms with Gasteiger partial charge in [-0.1, -0.05) is 30.3 Å². The Bertz CT molecular complexity index is 730. The molecule has 0 aliphatic carbocycles. The number of halogens is 1. The predicted molar refractivity (Wildman–Crippen MR) is 130 cm³/mol. The fourth-order valence-corrected chi connectivity index (χ4v) is 3.49. The third-order valence-electron chi connectivity index (χ3n) is 5.08. The van der Waals surface area contributed by atoms with Crippen LogP contribution in [-0.2, 0) is 6.42 Å². The summed E-state index contributed by atoms with van der Waals surface area (Å²) in [5.41, 5.74) is 1.33. The number of hydrogen-bond donors (Lipinski definition) is 1. The zero-order valence-electron chi connectivity index (χ0n) is 17.3. The third-order valence-corrected chi connectivity index (χ3v) is 5.08. The van der Waals surface area contributed by atoms with E-state index in [4.69, 9.17) is 9.47 Å². The van der Waals surface area contributed by atoms with Gasteiger partial charge in [0.25, 0.3) is 0 Å². The van der Waals surface area contributed by atoms with E-state index in [-0.39, 0.29) is 30.1 Å². The van der Waals surface area contributed by atoms with Gasteiger partial charge in [-0.15, -0.1) is 24.0 Å². The summed E-state index contributed by atoms with van der Waals surface area (Å²) in [5, 5.41) is 3.51. The van der Waals surface area contributed by atoms with E-state index < -0.39 is 0 Å². The van der Waals surface area contributed by atoms with Crippen molar-refractivity contribution < 1.29 is 9.47 Å². The van der Waals surface area contributed by atoms with Crippen LogP contribution in [0.2, 0.25) is 0 Å². The van der Waals surface area contributed by atoms with Crippen LogP contribution in [0.15, 0.2) is 59.6 Å². The summed E-state index contributed by atoms with van der Waals surface area (Å²) >= 11 is 0. The topological polar surface area (TPSA) is 46.1 Å². The molecule has 0 unspecified atom stereocenters. The molecule has 5 nitrogen and oxygen atoms in total. The highest BCUT2D eigenvalue weighted by Gasteiger charge is 2.22. The molecule has 2 aromatic rings. The smallest absolute Gasteiger partial charge is 0.193 e. The maximum atomic E-state index is 6.09. The minimum Gasteiger partial charge on any atom is -0.497 e. The fourth-order valence-electron chi connectivity index (χ4n) is 3.49. The molecule has 0 amide bonds. The number of ether oxygens (including phenoxy) is 2. The molecule has 1 heterocycles. The monoisotopic (exact) mass is 509 g/mol. The average molecular weight is 509 g/mol. The molecule has 0 aromatic heterocycles. The maximum Gasteiger partial charge on any atom is 0.193 e. The molecule has 2 aromatic carbocycles. The highest BCUT2D eigenvalue weighted by molar-refractivity contribution is 14.0. The minimum atomic E-state index is 0. The number of para-hydroxylation sites is 1. The van der Waals surface area contributed by atoms with Crippen molar-refractivity contribution in [1.29, 1.82) is 0 Å². The lowest BCUT2D eigenvalue weighted by Gasteiger charge is -2.34. The Hall–Kier alpha value is -1.96. The van der Waals surface area contributed by atoms with Crippen molar-refractivity contribution in [3.63, 3.8) is 0 Å². The zero-order valence-corrected chi connectivity index (χ0v) is 19.7. The SMILES string of the molecule is CN=C(NCCCc1ccc(OC)cc1)N1CCC(Oc2ccccc2)CC1.I. The highest BCUT2D eigenvalue weighted by atomic mass is 127. The second kappa shape index (κ2) is 12.6. The van der Waals surface area contributed by atoms with Crippen LogP contribution in [0.3, 0.4) is 0 Å². The van der Waals surface area contributed by atoms with Crippen molar-refractivity contribution in [3.05, 3.63) is 60.2 Å². The van der Waals surface area contributed by atoms with Crippen LogP contribution in [0.5, 0.6) is 11.5 Å². The Morgan fingerprint density at radius 1 is 1.03 bits per heavy atom. The van der Waals surface area contributed by atoms with Gasteiger partial charge in [-0.25, -0.2) is 0 Å². The summed E-state index contributed by atoms with van der Waals surface area (Å²) < 4.78 is 11.3. The van der Waals surface area contributed by atoms with Gasteiger partial charge in [-0.2, -0.15) is 0 Å². The van der Waals surface area contributed by atoms with E-state index >= 15 is 0 Å². The van der Waals surface area contributed by atoms with Gasteiger partial charge in [0.15, 0.2) is 5.96 Å². The van der Waals surface area contributed by atoms with Crippen molar-refractivity contribution in [3.8, 4) is 11.5 Å². The molecular formula is C23H32IN3O2. The van der Waals surface area contributed by atoms with Gasteiger partial charge < -0.3 is 19.7 Å². The number of aliphatic imine (C=N–C) groups is 1. The summed E-state index contributed by atoms with van der Waals surface area (Å²) in [6.07, 6.45) is 4.43. The maximum absolute atomic E-state index is 6.09. The van der Waals surface area contributed by atoms with Crippen LogP contribution in [-0.4, -0.2) is 50.8 Å². The molecule has 0 saturated carbocycles. The van der Waals surface area contributed by atoms with E-state index in [2.05, 4.69) is 27.3 Å². The van der Waals surface area contributed by atoms with Gasteiger partial charge in [-0.3, -0.25) is 4.99 Å². The van der Waals surface area contributed by atoms with Crippen molar-refractivity contribution in [2.45, 2.75) is 31.8 Å². The molecule has 29 heavy (non-hydrogen) atoms. The van der Waals surface area contributed by atoms with E-state index in [1.165, 1.54) is 5.56 Å². The molecule has 158 valence electrons. The fraction of sp³-hybridized carbons (Fsp3) is 0.435. The van der Waals surface area contributed by atoms with Crippen LogP contribution in [0.4, 0.5) is 0 Å². The lowest BCUT2D eigenvalue weighted by molar-refractivity contribution is 0.129. The molecule has 1 aliphatic rings. The molecule has 0 radical (unpaired) electrons. The molecule has 1 fully saturated rings. The second-order valence-corrected chi connectivity index (χ2v) is 7.04. The van der Waals surface area contributed by atoms with Gasteiger partial charge in [0, 0.05) is 39.5 Å². The van der Waals surface area contributed by atoms with E-state index in [9.17, 15) is 0 Å². The number of piperidine rings is 1. The van der Waals surface area contributed by atoms with Crippen molar-refractivity contribution in [2.24, 2.45) is 4.99 Å². The third kappa shape index (κ3) is 7.42. The summed E-state index contributed by atoms with van der Waals surface area (Å²) in [6, 6.07) is 18.4. The molecule has 1 saturated heterocycles. The second-order valence-electron chi connectivity index (χ2n) is 7.04. The first-order valence-corrected chi connectivity index (χ1v) is 10.1. The van der Waals surface area contributed by atoms with Gasteiger partial charge >= 0.3 is 0 Å². The number of nitrogens with one attached hydrogen (secondary N) is 1. The number of hydrogen-bond acceptors (Lipinski definition) is 3. The number of rotatable bonds is 7. The summed E-state index contributed by atoms with van der Waals surface area (Å²) in [6.45, 7) is 2.85. The normalized spacial score (nSPS) is 14.8. The highest BCUT2D eigenvalue weighted by Crippen LogP contribution is 2.18. The van der Waals surface area contributed by atoms with Crippen LogP contribution < -0.4 is 14.8 Å². The summed E-state index contributed by atoms with van der Waals surface area (Å²) in [4.78, 5) is 6.79. The molecular weight excluding hydrogens is 477 g/mol. The van der Waals surface area contributed by atoms with Crippen LogP contribution in [0.25, 0.3) is 0 Å². The number of methoxy groups -OCH3 is 1. The summed E-state index contributed by atoms with van der Waals surface area (Å²) in [7, 11) is 3.56. The molecule has 0 bridgehead atoms.